The van der Waals surface area contributed by atoms with Crippen molar-refractivity contribution in [2.45, 2.75) is 32.8 Å². The number of carboxylic acid groups (broad SMARTS) is 1. The number of piperidine rings is 1. The molecule has 0 bridgehead atoms. The molecule has 1 aromatic carbocycles. The minimum absolute atomic E-state index is 0.0194. The van der Waals surface area contributed by atoms with Crippen molar-refractivity contribution in [3.8, 4) is 5.75 Å². The molecule has 0 aromatic heterocycles. The summed E-state index contributed by atoms with van der Waals surface area (Å²) in [7, 11) is 0. The lowest BCUT2D eigenvalue weighted by atomic mass is 9.79. The van der Waals surface area contributed by atoms with Gasteiger partial charge in [0.1, 0.15) is 11.9 Å². The van der Waals surface area contributed by atoms with E-state index in [0.29, 0.717) is 18.8 Å². The van der Waals surface area contributed by atoms with Crippen molar-refractivity contribution < 1.29 is 19.4 Å². The van der Waals surface area contributed by atoms with E-state index in [-0.39, 0.29) is 23.0 Å². The fourth-order valence-corrected chi connectivity index (χ4v) is 3.72. The normalized spacial score (nSPS) is 24.6. The van der Waals surface area contributed by atoms with Crippen molar-refractivity contribution in [3.63, 3.8) is 0 Å². The van der Waals surface area contributed by atoms with Crippen LogP contribution in [0.5, 0.6) is 5.75 Å². The van der Waals surface area contributed by atoms with E-state index in [0.717, 1.165) is 32.5 Å². The molecular formula is C19H26N2O4. The Balaban J connectivity index is 1.51. The smallest absolute Gasteiger partial charge is 0.335 e. The van der Waals surface area contributed by atoms with Crippen LogP contribution in [0.1, 0.15) is 37.0 Å². The molecule has 2 aliphatic heterocycles. The molecule has 1 unspecified atom stereocenters. The summed E-state index contributed by atoms with van der Waals surface area (Å²) in [6, 6.07) is 6.38. The van der Waals surface area contributed by atoms with E-state index in [2.05, 4.69) is 18.7 Å². The molecule has 0 spiro atoms. The molecule has 6 heteroatoms. The number of hydrogen-bond acceptors (Lipinski definition) is 4. The number of amides is 1. The van der Waals surface area contributed by atoms with Gasteiger partial charge in [0, 0.05) is 6.54 Å². The third-order valence-electron chi connectivity index (χ3n) is 5.28. The molecule has 1 N–H and O–H groups in total. The van der Waals surface area contributed by atoms with Crippen molar-refractivity contribution in [1.29, 1.82) is 0 Å². The molecule has 2 heterocycles. The number of aromatic carboxylic acids is 1. The largest absolute Gasteiger partial charge is 0.487 e. The molecule has 1 aromatic rings. The summed E-state index contributed by atoms with van der Waals surface area (Å²) in [4.78, 5) is 27.9. The molecule has 2 fully saturated rings. The monoisotopic (exact) mass is 346 g/mol. The van der Waals surface area contributed by atoms with Gasteiger partial charge in [0.15, 0.2) is 0 Å². The zero-order valence-electron chi connectivity index (χ0n) is 14.9. The molecule has 1 amide bonds. The van der Waals surface area contributed by atoms with E-state index >= 15 is 0 Å². The quantitative estimate of drug-likeness (QED) is 0.884. The lowest BCUT2D eigenvalue weighted by molar-refractivity contribution is -0.153. The number of carboxylic acids is 1. The highest BCUT2D eigenvalue weighted by molar-refractivity contribution is 5.87. The molecule has 136 valence electrons. The van der Waals surface area contributed by atoms with Gasteiger partial charge in [0.25, 0.3) is 0 Å². The number of benzene rings is 1. The number of likely N-dealkylation sites (tertiary alicyclic amines) is 2. The van der Waals surface area contributed by atoms with Gasteiger partial charge in [-0.1, -0.05) is 6.92 Å². The van der Waals surface area contributed by atoms with E-state index in [1.54, 1.807) is 12.1 Å². The van der Waals surface area contributed by atoms with Gasteiger partial charge in [0.2, 0.25) is 5.91 Å². The Bertz CT molecular complexity index is 639. The maximum atomic E-state index is 12.9. The predicted molar refractivity (Wildman–Crippen MR) is 93.9 cm³/mol. The number of hydrogen-bond donors (Lipinski definition) is 1. The molecule has 2 saturated heterocycles. The third-order valence-corrected chi connectivity index (χ3v) is 5.28. The molecule has 3 rings (SSSR count). The summed E-state index contributed by atoms with van der Waals surface area (Å²) in [5.41, 5.74) is -0.0500. The zero-order valence-corrected chi connectivity index (χ0v) is 14.9. The minimum Gasteiger partial charge on any atom is -0.487 e. The number of rotatable bonds is 5. The highest BCUT2D eigenvalue weighted by Crippen LogP contribution is 2.33. The van der Waals surface area contributed by atoms with Crippen LogP contribution in [0.15, 0.2) is 24.3 Å². The topological polar surface area (TPSA) is 70.1 Å². The van der Waals surface area contributed by atoms with Crippen molar-refractivity contribution in [3.05, 3.63) is 29.8 Å². The van der Waals surface area contributed by atoms with Gasteiger partial charge in [-0.15, -0.1) is 0 Å². The highest BCUT2D eigenvalue weighted by Gasteiger charge is 2.44. The van der Waals surface area contributed by atoms with Crippen molar-refractivity contribution in [2.24, 2.45) is 5.41 Å². The molecule has 6 nitrogen and oxygen atoms in total. The van der Waals surface area contributed by atoms with Crippen LogP contribution in [0.4, 0.5) is 0 Å². The summed E-state index contributed by atoms with van der Waals surface area (Å²) in [6.07, 6.45) is 2.00. The standard InChI is InChI=1S/C19H26N2O4/c1-3-20-10-4-9-19(2,13-20)18(24)21-11-16(12-21)25-15-7-5-14(6-8-15)17(22)23/h5-8,16H,3-4,9-13H2,1-2H3,(H,22,23). The van der Waals surface area contributed by atoms with Gasteiger partial charge in [-0.2, -0.15) is 0 Å². The maximum Gasteiger partial charge on any atom is 0.335 e. The zero-order chi connectivity index (χ0) is 18.0. The lowest BCUT2D eigenvalue weighted by Gasteiger charge is -2.46. The second-order valence-corrected chi connectivity index (χ2v) is 7.31. The van der Waals surface area contributed by atoms with E-state index in [1.165, 1.54) is 12.1 Å². The van der Waals surface area contributed by atoms with Gasteiger partial charge < -0.3 is 19.6 Å². The number of carbonyl (C=O) groups excluding carboxylic acids is 1. The molecule has 0 aliphatic carbocycles. The van der Waals surface area contributed by atoms with E-state index in [9.17, 15) is 9.59 Å². The lowest BCUT2D eigenvalue weighted by Crippen LogP contribution is -2.61. The number of ether oxygens (including phenoxy) is 1. The van der Waals surface area contributed by atoms with Gasteiger partial charge in [-0.3, -0.25) is 4.79 Å². The Morgan fingerprint density at radius 2 is 1.96 bits per heavy atom. The Kier molecular flexibility index (Phi) is 4.99. The minimum atomic E-state index is -0.950. The van der Waals surface area contributed by atoms with Crippen molar-refractivity contribution >= 4 is 11.9 Å². The molecular weight excluding hydrogens is 320 g/mol. The van der Waals surface area contributed by atoms with Gasteiger partial charge in [-0.25, -0.2) is 4.79 Å². The van der Waals surface area contributed by atoms with Crippen LogP contribution in [0, 0.1) is 5.41 Å². The van der Waals surface area contributed by atoms with Crippen LogP contribution in [-0.2, 0) is 4.79 Å². The summed E-state index contributed by atoms with van der Waals surface area (Å²) in [5.74, 6) is -0.0799. The highest BCUT2D eigenvalue weighted by atomic mass is 16.5. The Hall–Kier alpha value is -2.08. The maximum absolute atomic E-state index is 12.9. The summed E-state index contributed by atoms with van der Waals surface area (Å²) in [6.45, 7) is 8.32. The summed E-state index contributed by atoms with van der Waals surface area (Å²) in [5, 5.41) is 8.91. The van der Waals surface area contributed by atoms with Crippen molar-refractivity contribution in [2.75, 3.05) is 32.7 Å². The van der Waals surface area contributed by atoms with E-state index in [4.69, 9.17) is 9.84 Å². The summed E-state index contributed by atoms with van der Waals surface area (Å²) >= 11 is 0. The van der Waals surface area contributed by atoms with Crippen LogP contribution in [0.25, 0.3) is 0 Å². The Morgan fingerprint density at radius 3 is 2.56 bits per heavy atom. The number of nitrogens with zero attached hydrogens (tertiary/aromatic N) is 2. The Morgan fingerprint density at radius 1 is 1.28 bits per heavy atom. The van der Waals surface area contributed by atoms with E-state index < -0.39 is 5.97 Å². The summed E-state index contributed by atoms with van der Waals surface area (Å²) < 4.78 is 5.83. The second-order valence-electron chi connectivity index (χ2n) is 7.31. The van der Waals surface area contributed by atoms with Crippen LogP contribution in [0.2, 0.25) is 0 Å². The van der Waals surface area contributed by atoms with Gasteiger partial charge in [0.05, 0.1) is 24.1 Å². The first-order valence-corrected chi connectivity index (χ1v) is 8.93. The van der Waals surface area contributed by atoms with Crippen LogP contribution < -0.4 is 4.74 Å². The average molecular weight is 346 g/mol. The molecule has 0 radical (unpaired) electrons. The fourth-order valence-electron chi connectivity index (χ4n) is 3.72. The molecule has 0 saturated carbocycles. The first kappa shape index (κ1) is 17.7. The van der Waals surface area contributed by atoms with Crippen LogP contribution in [-0.4, -0.2) is 65.6 Å². The first-order valence-electron chi connectivity index (χ1n) is 8.93. The third kappa shape index (κ3) is 3.79. The fraction of sp³-hybridized carbons (Fsp3) is 0.579. The molecule has 25 heavy (non-hydrogen) atoms. The Labute approximate surface area is 148 Å². The van der Waals surface area contributed by atoms with Gasteiger partial charge in [-0.05, 0) is 57.1 Å². The first-order chi connectivity index (χ1) is 11.9. The van der Waals surface area contributed by atoms with Crippen molar-refractivity contribution in [1.82, 2.24) is 9.80 Å². The van der Waals surface area contributed by atoms with Crippen LogP contribution >= 0.6 is 0 Å². The van der Waals surface area contributed by atoms with Crippen LogP contribution in [0.3, 0.4) is 0 Å². The predicted octanol–water partition coefficient (Wildman–Crippen LogP) is 2.10. The SMILES string of the molecule is CCN1CCCC(C)(C(=O)N2CC(Oc3ccc(C(=O)O)cc3)C2)C1. The number of carbonyl (C=O) groups is 2. The molecule has 1 atom stereocenters. The molecule has 2 aliphatic rings. The average Bonchev–Trinajstić information content (AvgIpc) is 2.57. The second kappa shape index (κ2) is 7.04. The van der Waals surface area contributed by atoms with E-state index in [1.807, 2.05) is 4.90 Å². The van der Waals surface area contributed by atoms with Gasteiger partial charge >= 0.3 is 5.97 Å².